The highest BCUT2D eigenvalue weighted by molar-refractivity contribution is 5.73. The number of carbonyl (C=O) groups excluding carboxylic acids is 1. The third-order valence-electron chi connectivity index (χ3n) is 5.13. The molecule has 0 aliphatic carbocycles. The zero-order valence-corrected chi connectivity index (χ0v) is 17.4. The summed E-state index contributed by atoms with van der Waals surface area (Å²) in [4.78, 5) is 10.7. The summed E-state index contributed by atoms with van der Waals surface area (Å²) >= 11 is 0. The molecule has 26 heavy (non-hydrogen) atoms. The summed E-state index contributed by atoms with van der Waals surface area (Å²) in [6, 6.07) is 0. The molecule has 0 saturated carbocycles. The van der Waals surface area contributed by atoms with Gasteiger partial charge in [-0.05, 0) is 85.0 Å². The van der Waals surface area contributed by atoms with E-state index in [1.54, 1.807) is 0 Å². The van der Waals surface area contributed by atoms with Gasteiger partial charge in [-0.3, -0.25) is 4.79 Å². The maximum absolute atomic E-state index is 10.7. The first kappa shape index (κ1) is 22.6. The van der Waals surface area contributed by atoms with Crippen LogP contribution in [0, 0.1) is 5.92 Å². The van der Waals surface area contributed by atoms with Gasteiger partial charge in [0.1, 0.15) is 6.29 Å². The molecule has 1 fully saturated rings. The van der Waals surface area contributed by atoms with Gasteiger partial charge in [0.2, 0.25) is 0 Å². The van der Waals surface area contributed by atoms with Crippen molar-refractivity contribution in [2.45, 2.75) is 85.2 Å². The van der Waals surface area contributed by atoms with Crippen molar-refractivity contribution in [3.05, 3.63) is 47.1 Å². The molecule has 1 saturated heterocycles. The molecule has 0 aromatic rings. The monoisotopic (exact) mass is 358 g/mol. The highest BCUT2D eigenvalue weighted by Gasteiger charge is 2.22. The zero-order chi connectivity index (χ0) is 19.4. The number of hydrogen-bond acceptors (Lipinski definition) is 2. The smallest absolute Gasteiger partial charge is 0.148 e. The molecular weight excluding hydrogens is 320 g/mol. The lowest BCUT2D eigenvalue weighted by Gasteiger charge is -2.28. The van der Waals surface area contributed by atoms with Crippen LogP contribution in [0.15, 0.2) is 47.1 Å². The standard InChI is InChI=1S/C24H38O2/c1-19(2)9-6-10-20(3)11-7-12-21(4)13-8-14-23-15-16-24(26-18-23)22(5)17-25/h9,11,13,17,23-24H,5-8,10,12,14-16,18H2,1-4H3/b20-11+,21-13+/t23-,24+/m0/s1. The number of carbonyl (C=O) groups is 1. The molecule has 0 bridgehead atoms. The van der Waals surface area contributed by atoms with E-state index < -0.39 is 0 Å². The Morgan fingerprint density at radius 3 is 2.12 bits per heavy atom. The fourth-order valence-corrected chi connectivity index (χ4v) is 3.31. The highest BCUT2D eigenvalue weighted by atomic mass is 16.5. The molecule has 0 radical (unpaired) electrons. The van der Waals surface area contributed by atoms with Gasteiger partial charge >= 0.3 is 0 Å². The van der Waals surface area contributed by atoms with Crippen molar-refractivity contribution in [2.75, 3.05) is 6.61 Å². The maximum atomic E-state index is 10.7. The largest absolute Gasteiger partial charge is 0.373 e. The minimum atomic E-state index is -0.0483. The van der Waals surface area contributed by atoms with Crippen molar-refractivity contribution in [3.8, 4) is 0 Å². The van der Waals surface area contributed by atoms with E-state index in [1.165, 1.54) is 29.6 Å². The van der Waals surface area contributed by atoms with E-state index in [-0.39, 0.29) is 6.10 Å². The van der Waals surface area contributed by atoms with Crippen LogP contribution in [0.25, 0.3) is 0 Å². The fraction of sp³-hybridized carbons (Fsp3) is 0.625. The number of rotatable bonds is 11. The van der Waals surface area contributed by atoms with Crippen LogP contribution in [0.3, 0.4) is 0 Å². The van der Waals surface area contributed by atoms with E-state index in [2.05, 4.69) is 52.5 Å². The first-order valence-electron chi connectivity index (χ1n) is 10.1. The molecule has 2 nitrogen and oxygen atoms in total. The molecule has 1 heterocycles. The second-order valence-electron chi connectivity index (χ2n) is 8.00. The lowest BCUT2D eigenvalue weighted by Crippen LogP contribution is -2.27. The third kappa shape index (κ3) is 9.91. The minimum absolute atomic E-state index is 0.0483. The highest BCUT2D eigenvalue weighted by Crippen LogP contribution is 2.26. The molecule has 0 amide bonds. The Balaban J connectivity index is 2.19. The van der Waals surface area contributed by atoms with Crippen LogP contribution in [-0.2, 0) is 9.53 Å². The minimum Gasteiger partial charge on any atom is -0.373 e. The second kappa shape index (κ2) is 12.9. The SMILES string of the molecule is C=C(C=O)[C@H]1CC[C@H](CC/C=C(\C)CC/C=C(\C)CCC=C(C)C)CO1. The van der Waals surface area contributed by atoms with Gasteiger partial charge in [-0.15, -0.1) is 0 Å². The number of ether oxygens (including phenoxy) is 1. The van der Waals surface area contributed by atoms with Crippen molar-refractivity contribution in [2.24, 2.45) is 5.92 Å². The van der Waals surface area contributed by atoms with Gasteiger partial charge in [-0.2, -0.15) is 0 Å². The van der Waals surface area contributed by atoms with E-state index in [9.17, 15) is 4.79 Å². The lowest BCUT2D eigenvalue weighted by atomic mass is 9.91. The molecule has 1 rings (SSSR count). The summed E-state index contributed by atoms with van der Waals surface area (Å²) in [5.41, 5.74) is 4.98. The second-order valence-corrected chi connectivity index (χ2v) is 8.00. The Bertz CT molecular complexity index is 524. The zero-order valence-electron chi connectivity index (χ0n) is 17.4. The Labute approximate surface area is 161 Å². The van der Waals surface area contributed by atoms with Gasteiger partial charge < -0.3 is 4.74 Å². The van der Waals surface area contributed by atoms with Crippen LogP contribution in [0.5, 0.6) is 0 Å². The molecule has 0 spiro atoms. The average Bonchev–Trinajstić information content (AvgIpc) is 2.61. The van der Waals surface area contributed by atoms with Gasteiger partial charge in [0.15, 0.2) is 0 Å². The van der Waals surface area contributed by atoms with E-state index in [0.29, 0.717) is 11.5 Å². The van der Waals surface area contributed by atoms with Crippen LogP contribution in [0.2, 0.25) is 0 Å². The van der Waals surface area contributed by atoms with Gasteiger partial charge in [-0.25, -0.2) is 0 Å². The van der Waals surface area contributed by atoms with Crippen molar-refractivity contribution in [1.82, 2.24) is 0 Å². The average molecular weight is 359 g/mol. The Kier molecular flexibility index (Phi) is 11.2. The lowest BCUT2D eigenvalue weighted by molar-refractivity contribution is -0.106. The van der Waals surface area contributed by atoms with Crippen LogP contribution in [0.4, 0.5) is 0 Å². The summed E-state index contributed by atoms with van der Waals surface area (Å²) in [6.45, 7) is 13.3. The van der Waals surface area contributed by atoms with Gasteiger partial charge in [-0.1, -0.05) is 41.5 Å². The molecule has 1 aliphatic rings. The first-order chi connectivity index (χ1) is 12.4. The normalized spacial score (nSPS) is 21.4. The molecule has 0 aromatic heterocycles. The topological polar surface area (TPSA) is 26.3 Å². The van der Waals surface area contributed by atoms with Crippen molar-refractivity contribution in [3.63, 3.8) is 0 Å². The Hall–Kier alpha value is -1.41. The summed E-state index contributed by atoms with van der Waals surface area (Å²) < 4.78 is 5.78. The number of hydrogen-bond donors (Lipinski definition) is 0. The van der Waals surface area contributed by atoms with Crippen molar-refractivity contribution < 1.29 is 9.53 Å². The van der Waals surface area contributed by atoms with Crippen molar-refractivity contribution >= 4 is 6.29 Å². The van der Waals surface area contributed by atoms with Gasteiger partial charge in [0, 0.05) is 5.57 Å². The summed E-state index contributed by atoms with van der Waals surface area (Å²) in [5.74, 6) is 0.618. The quantitative estimate of drug-likeness (QED) is 0.232. The summed E-state index contributed by atoms with van der Waals surface area (Å²) in [5, 5.41) is 0. The third-order valence-corrected chi connectivity index (χ3v) is 5.13. The predicted molar refractivity (Wildman–Crippen MR) is 112 cm³/mol. The molecular formula is C24H38O2. The van der Waals surface area contributed by atoms with Crippen LogP contribution in [-0.4, -0.2) is 19.0 Å². The molecule has 146 valence electrons. The van der Waals surface area contributed by atoms with Crippen LogP contribution in [0.1, 0.15) is 79.1 Å². The van der Waals surface area contributed by atoms with E-state index >= 15 is 0 Å². The van der Waals surface area contributed by atoms with Gasteiger partial charge in [0.05, 0.1) is 12.7 Å². The fourth-order valence-electron chi connectivity index (χ4n) is 3.31. The molecule has 0 unspecified atom stereocenters. The van der Waals surface area contributed by atoms with Crippen LogP contribution >= 0.6 is 0 Å². The Morgan fingerprint density at radius 2 is 1.58 bits per heavy atom. The molecule has 0 aromatic carbocycles. The predicted octanol–water partition coefficient (Wildman–Crippen LogP) is 6.74. The van der Waals surface area contributed by atoms with E-state index in [1.807, 2.05) is 0 Å². The molecule has 1 aliphatic heterocycles. The summed E-state index contributed by atoms with van der Waals surface area (Å²) in [7, 11) is 0. The van der Waals surface area contributed by atoms with E-state index in [4.69, 9.17) is 4.74 Å². The van der Waals surface area contributed by atoms with Crippen LogP contribution < -0.4 is 0 Å². The summed E-state index contributed by atoms with van der Waals surface area (Å²) in [6.07, 6.45) is 16.9. The van der Waals surface area contributed by atoms with E-state index in [0.717, 1.165) is 51.4 Å². The van der Waals surface area contributed by atoms with Crippen molar-refractivity contribution in [1.29, 1.82) is 0 Å². The Morgan fingerprint density at radius 1 is 0.962 bits per heavy atom. The first-order valence-corrected chi connectivity index (χ1v) is 10.1. The maximum Gasteiger partial charge on any atom is 0.148 e. The number of allylic oxidation sites excluding steroid dienone is 6. The number of aldehydes is 1. The molecule has 2 atom stereocenters. The van der Waals surface area contributed by atoms with Gasteiger partial charge in [0.25, 0.3) is 0 Å². The molecule has 0 N–H and O–H groups in total. The molecule has 2 heteroatoms.